The molecule has 6 nitrogen and oxygen atoms in total. The fourth-order valence-corrected chi connectivity index (χ4v) is 3.97. The molecule has 0 spiro atoms. The van der Waals surface area contributed by atoms with Crippen LogP contribution in [-0.4, -0.2) is 28.7 Å². The van der Waals surface area contributed by atoms with Gasteiger partial charge in [0.1, 0.15) is 17.5 Å². The molecule has 0 fully saturated rings. The monoisotopic (exact) mass is 517 g/mol. The van der Waals surface area contributed by atoms with Crippen molar-refractivity contribution in [3.05, 3.63) is 105 Å². The van der Waals surface area contributed by atoms with Crippen molar-refractivity contribution in [1.29, 1.82) is 5.26 Å². The highest BCUT2D eigenvalue weighted by atomic mass is 35.5. The van der Waals surface area contributed by atoms with Gasteiger partial charge in [-0.1, -0.05) is 53.0 Å². The first-order valence-electron chi connectivity index (χ1n) is 11.6. The fraction of sp³-hybridized carbons (Fsp3) is 0.179. The van der Waals surface area contributed by atoms with Crippen molar-refractivity contribution in [3.8, 4) is 11.8 Å². The summed E-state index contributed by atoms with van der Waals surface area (Å²) in [7, 11) is 0. The zero-order chi connectivity index (χ0) is 25.5. The number of unbranched alkanes of at least 4 members (excludes halogenated alkanes) is 1. The summed E-state index contributed by atoms with van der Waals surface area (Å²) in [5.41, 5.74) is 3.58. The summed E-state index contributed by atoms with van der Waals surface area (Å²) in [5.74, 6) is 0.190. The van der Waals surface area contributed by atoms with E-state index in [9.17, 15) is 10.1 Å². The minimum atomic E-state index is -0.297. The second kappa shape index (κ2) is 11.8. The maximum Gasteiger partial charge on any atom is 0.214 e. The first-order chi connectivity index (χ1) is 17.5. The Labute approximate surface area is 220 Å². The summed E-state index contributed by atoms with van der Waals surface area (Å²) in [6, 6.07) is 24.1. The number of aryl methyl sites for hydroxylation is 1. The van der Waals surface area contributed by atoms with Gasteiger partial charge >= 0.3 is 0 Å². The Kier molecular flexibility index (Phi) is 8.27. The van der Waals surface area contributed by atoms with Crippen LogP contribution in [-0.2, 0) is 0 Å². The smallest absolute Gasteiger partial charge is 0.214 e. The van der Waals surface area contributed by atoms with Crippen molar-refractivity contribution >= 4 is 40.5 Å². The van der Waals surface area contributed by atoms with E-state index in [-0.39, 0.29) is 17.0 Å². The van der Waals surface area contributed by atoms with E-state index in [0.717, 1.165) is 30.6 Å². The third kappa shape index (κ3) is 6.06. The second-order valence-corrected chi connectivity index (χ2v) is 9.21. The van der Waals surface area contributed by atoms with Crippen molar-refractivity contribution in [2.75, 3.05) is 23.7 Å². The molecule has 0 atom stereocenters. The molecule has 0 aliphatic carbocycles. The largest absolute Gasteiger partial charge is 0.385 e. The molecule has 36 heavy (non-hydrogen) atoms. The van der Waals surface area contributed by atoms with E-state index in [4.69, 9.17) is 23.2 Å². The Hall–Kier alpha value is -3.79. The van der Waals surface area contributed by atoms with Gasteiger partial charge in [-0.25, -0.2) is 4.68 Å². The number of nitrogens with one attached hydrogen (secondary N) is 2. The predicted molar refractivity (Wildman–Crippen MR) is 146 cm³/mol. The van der Waals surface area contributed by atoms with Gasteiger partial charge in [0.15, 0.2) is 5.69 Å². The Morgan fingerprint density at radius 2 is 1.47 bits per heavy atom. The molecular weight excluding hydrogens is 493 g/mol. The first-order valence-corrected chi connectivity index (χ1v) is 12.4. The van der Waals surface area contributed by atoms with E-state index in [1.165, 1.54) is 0 Å². The molecular formula is C28H25Cl2N5O. The molecule has 0 radical (unpaired) electrons. The van der Waals surface area contributed by atoms with Gasteiger partial charge in [0.2, 0.25) is 5.78 Å². The number of aromatic nitrogens is 2. The number of carbonyl (C=O) groups is 1. The van der Waals surface area contributed by atoms with E-state index in [0.29, 0.717) is 33.7 Å². The second-order valence-electron chi connectivity index (χ2n) is 8.33. The molecule has 2 N–H and O–H groups in total. The van der Waals surface area contributed by atoms with Crippen LogP contribution < -0.4 is 10.6 Å². The van der Waals surface area contributed by atoms with E-state index in [1.54, 1.807) is 41.1 Å². The highest BCUT2D eigenvalue weighted by Crippen LogP contribution is 2.26. The molecule has 1 heterocycles. The van der Waals surface area contributed by atoms with Crippen LogP contribution in [0.5, 0.6) is 0 Å². The molecule has 1 aromatic heterocycles. The topological polar surface area (TPSA) is 82.7 Å². The standard InChI is InChI=1S/C28H25Cl2N5O/c1-19-4-6-20(7-5-19)27(36)26-25(18-31)28(35(34-26)24-14-10-22(30)11-15-24)33-17-3-2-16-32-23-12-8-21(29)9-13-23/h4-15,32-33H,2-3,16-17H2,1H3. The van der Waals surface area contributed by atoms with Crippen molar-refractivity contribution in [1.82, 2.24) is 9.78 Å². The maximum absolute atomic E-state index is 13.3. The number of anilines is 2. The summed E-state index contributed by atoms with van der Waals surface area (Å²) in [4.78, 5) is 13.3. The number of carbonyl (C=O) groups excluding carboxylic acids is 1. The highest BCUT2D eigenvalue weighted by Gasteiger charge is 2.25. The number of halogens is 2. The van der Waals surface area contributed by atoms with Gasteiger partial charge in [-0.2, -0.15) is 10.4 Å². The number of rotatable bonds is 10. The van der Waals surface area contributed by atoms with Gasteiger partial charge in [0.25, 0.3) is 0 Å². The Bertz CT molecular complexity index is 1370. The summed E-state index contributed by atoms with van der Waals surface area (Å²) >= 11 is 12.0. The molecule has 0 saturated carbocycles. The van der Waals surface area contributed by atoms with Gasteiger partial charge in [-0.3, -0.25) is 4.79 Å². The zero-order valence-electron chi connectivity index (χ0n) is 19.8. The average molecular weight is 518 g/mol. The molecule has 0 amide bonds. The lowest BCUT2D eigenvalue weighted by Gasteiger charge is -2.11. The third-order valence-electron chi connectivity index (χ3n) is 5.67. The number of hydrogen-bond acceptors (Lipinski definition) is 5. The number of ketones is 1. The van der Waals surface area contributed by atoms with Crippen molar-refractivity contribution in [2.24, 2.45) is 0 Å². The number of hydrogen-bond donors (Lipinski definition) is 2. The number of benzene rings is 3. The van der Waals surface area contributed by atoms with Crippen LogP contribution >= 0.6 is 23.2 Å². The molecule has 0 bridgehead atoms. The Morgan fingerprint density at radius 1 is 0.889 bits per heavy atom. The van der Waals surface area contributed by atoms with Crippen LogP contribution in [0.15, 0.2) is 72.8 Å². The molecule has 3 aromatic carbocycles. The van der Waals surface area contributed by atoms with E-state index in [1.807, 2.05) is 43.3 Å². The molecule has 4 aromatic rings. The van der Waals surface area contributed by atoms with E-state index in [2.05, 4.69) is 21.8 Å². The van der Waals surface area contributed by atoms with E-state index >= 15 is 0 Å². The van der Waals surface area contributed by atoms with Gasteiger partial charge in [0, 0.05) is 34.4 Å². The Morgan fingerprint density at radius 3 is 2.08 bits per heavy atom. The molecule has 8 heteroatoms. The van der Waals surface area contributed by atoms with Crippen LogP contribution in [0, 0.1) is 18.3 Å². The SMILES string of the molecule is Cc1ccc(C(=O)c2nn(-c3ccc(Cl)cc3)c(NCCCCNc3ccc(Cl)cc3)c2C#N)cc1. The molecule has 4 rings (SSSR count). The lowest BCUT2D eigenvalue weighted by atomic mass is 10.0. The summed E-state index contributed by atoms with van der Waals surface area (Å²) < 4.78 is 1.60. The zero-order valence-corrected chi connectivity index (χ0v) is 21.3. The minimum absolute atomic E-state index is 0.114. The molecule has 0 saturated heterocycles. The van der Waals surface area contributed by atoms with Gasteiger partial charge in [-0.05, 0) is 68.3 Å². The lowest BCUT2D eigenvalue weighted by molar-refractivity contribution is 0.103. The number of nitrogens with zero attached hydrogens (tertiary/aromatic N) is 3. The summed E-state index contributed by atoms with van der Waals surface area (Å²) in [5, 5.41) is 22.5. The maximum atomic E-state index is 13.3. The average Bonchev–Trinajstić information content (AvgIpc) is 3.26. The van der Waals surface area contributed by atoms with Crippen LogP contribution in [0.25, 0.3) is 5.69 Å². The minimum Gasteiger partial charge on any atom is -0.385 e. The number of nitriles is 1. The fourth-order valence-electron chi connectivity index (χ4n) is 3.71. The quantitative estimate of drug-likeness (QED) is 0.176. The van der Waals surface area contributed by atoms with Crippen LogP contribution in [0.2, 0.25) is 10.0 Å². The summed E-state index contributed by atoms with van der Waals surface area (Å²) in [6.45, 7) is 3.35. The molecule has 0 unspecified atom stereocenters. The van der Waals surface area contributed by atoms with Gasteiger partial charge in [0.05, 0.1) is 5.69 Å². The molecule has 0 aliphatic rings. The third-order valence-corrected chi connectivity index (χ3v) is 6.17. The lowest BCUT2D eigenvalue weighted by Crippen LogP contribution is -2.10. The van der Waals surface area contributed by atoms with Gasteiger partial charge < -0.3 is 10.6 Å². The normalized spacial score (nSPS) is 10.6. The van der Waals surface area contributed by atoms with Gasteiger partial charge in [-0.15, -0.1) is 0 Å². The van der Waals surface area contributed by atoms with Crippen LogP contribution in [0.1, 0.15) is 40.0 Å². The van der Waals surface area contributed by atoms with Crippen molar-refractivity contribution in [3.63, 3.8) is 0 Å². The molecule has 0 aliphatic heterocycles. The van der Waals surface area contributed by atoms with Crippen LogP contribution in [0.4, 0.5) is 11.5 Å². The Balaban J connectivity index is 1.52. The van der Waals surface area contributed by atoms with Crippen molar-refractivity contribution in [2.45, 2.75) is 19.8 Å². The van der Waals surface area contributed by atoms with Crippen LogP contribution in [0.3, 0.4) is 0 Å². The summed E-state index contributed by atoms with van der Waals surface area (Å²) in [6.07, 6.45) is 1.75. The highest BCUT2D eigenvalue weighted by molar-refractivity contribution is 6.30. The molecule has 182 valence electrons. The first kappa shape index (κ1) is 25.3. The predicted octanol–water partition coefficient (Wildman–Crippen LogP) is 6.89. The van der Waals surface area contributed by atoms with E-state index < -0.39 is 0 Å². The van der Waals surface area contributed by atoms with Crippen molar-refractivity contribution < 1.29 is 4.79 Å².